The molecule has 2 fully saturated rings. The SMILES string of the molecule is COc1ccc(OC)c([C@@H]2CCN(c3cc(C(=O)NC4CC4)ccn3)C2)c1. The summed E-state index contributed by atoms with van der Waals surface area (Å²) in [5, 5.41) is 3.03. The summed E-state index contributed by atoms with van der Waals surface area (Å²) in [5.74, 6) is 2.89. The third-order valence-electron chi connectivity index (χ3n) is 5.31. The number of hydrogen-bond donors (Lipinski definition) is 1. The van der Waals surface area contributed by atoms with E-state index in [4.69, 9.17) is 9.47 Å². The van der Waals surface area contributed by atoms with E-state index in [9.17, 15) is 4.79 Å². The first-order chi connectivity index (χ1) is 13.2. The van der Waals surface area contributed by atoms with Crippen LogP contribution in [0.2, 0.25) is 0 Å². The Hall–Kier alpha value is -2.76. The highest BCUT2D eigenvalue weighted by Gasteiger charge is 2.28. The second-order valence-electron chi connectivity index (χ2n) is 7.19. The summed E-state index contributed by atoms with van der Waals surface area (Å²) in [7, 11) is 3.37. The van der Waals surface area contributed by atoms with Gasteiger partial charge < -0.3 is 19.7 Å². The number of carbonyl (C=O) groups excluding carboxylic acids is 1. The number of hydrogen-bond acceptors (Lipinski definition) is 5. The second kappa shape index (κ2) is 7.47. The molecule has 4 rings (SSSR count). The zero-order valence-corrected chi connectivity index (χ0v) is 15.8. The van der Waals surface area contributed by atoms with E-state index in [-0.39, 0.29) is 5.91 Å². The smallest absolute Gasteiger partial charge is 0.251 e. The van der Waals surface area contributed by atoms with Gasteiger partial charge in [-0.2, -0.15) is 0 Å². The zero-order chi connectivity index (χ0) is 18.8. The molecular weight excluding hydrogens is 342 g/mol. The lowest BCUT2D eigenvalue weighted by Gasteiger charge is -2.19. The van der Waals surface area contributed by atoms with Crippen molar-refractivity contribution in [2.24, 2.45) is 0 Å². The average molecular weight is 367 g/mol. The van der Waals surface area contributed by atoms with Crippen LogP contribution in [0.5, 0.6) is 11.5 Å². The van der Waals surface area contributed by atoms with Crippen molar-refractivity contribution in [3.05, 3.63) is 47.7 Å². The molecule has 0 radical (unpaired) electrons. The lowest BCUT2D eigenvalue weighted by atomic mass is 9.97. The van der Waals surface area contributed by atoms with E-state index in [1.54, 1.807) is 26.5 Å². The van der Waals surface area contributed by atoms with Gasteiger partial charge in [-0.25, -0.2) is 4.98 Å². The van der Waals surface area contributed by atoms with Gasteiger partial charge in [0.05, 0.1) is 14.2 Å². The van der Waals surface area contributed by atoms with Crippen LogP contribution in [0, 0.1) is 0 Å². The van der Waals surface area contributed by atoms with Gasteiger partial charge in [0.2, 0.25) is 0 Å². The van der Waals surface area contributed by atoms with Crippen LogP contribution < -0.4 is 19.7 Å². The lowest BCUT2D eigenvalue weighted by molar-refractivity contribution is 0.0951. The summed E-state index contributed by atoms with van der Waals surface area (Å²) in [6, 6.07) is 9.95. The fourth-order valence-corrected chi connectivity index (χ4v) is 3.61. The molecule has 2 aliphatic rings. The Kier molecular flexibility index (Phi) is 4.88. The first-order valence-corrected chi connectivity index (χ1v) is 9.41. The van der Waals surface area contributed by atoms with Gasteiger partial charge in [0.1, 0.15) is 17.3 Å². The first-order valence-electron chi connectivity index (χ1n) is 9.41. The molecule has 0 spiro atoms. The maximum atomic E-state index is 12.3. The van der Waals surface area contributed by atoms with Crippen molar-refractivity contribution in [2.45, 2.75) is 31.2 Å². The number of ether oxygens (including phenoxy) is 2. The topological polar surface area (TPSA) is 63.7 Å². The highest BCUT2D eigenvalue weighted by molar-refractivity contribution is 5.95. The quantitative estimate of drug-likeness (QED) is 0.850. The Balaban J connectivity index is 1.50. The van der Waals surface area contributed by atoms with Gasteiger partial charge in [-0.1, -0.05) is 0 Å². The molecule has 1 aromatic carbocycles. The van der Waals surface area contributed by atoms with Crippen LogP contribution in [0.3, 0.4) is 0 Å². The molecule has 2 aromatic rings. The molecule has 1 atom stereocenters. The molecule has 6 nitrogen and oxygen atoms in total. The first kappa shape index (κ1) is 17.6. The minimum atomic E-state index is -0.00800. The molecule has 27 heavy (non-hydrogen) atoms. The van der Waals surface area contributed by atoms with Gasteiger partial charge in [-0.05, 0) is 49.6 Å². The van der Waals surface area contributed by atoms with Gasteiger partial charge in [0.15, 0.2) is 0 Å². The van der Waals surface area contributed by atoms with Crippen molar-refractivity contribution in [1.29, 1.82) is 0 Å². The fourth-order valence-electron chi connectivity index (χ4n) is 3.61. The van der Waals surface area contributed by atoms with Crippen LogP contribution in [0.4, 0.5) is 5.82 Å². The molecule has 1 aliphatic carbocycles. The van der Waals surface area contributed by atoms with Crippen molar-refractivity contribution < 1.29 is 14.3 Å². The Morgan fingerprint density at radius 1 is 1.15 bits per heavy atom. The van der Waals surface area contributed by atoms with Crippen LogP contribution in [0.15, 0.2) is 36.5 Å². The highest BCUT2D eigenvalue weighted by Crippen LogP contribution is 2.37. The molecule has 142 valence electrons. The van der Waals surface area contributed by atoms with Crippen LogP contribution in [0.25, 0.3) is 0 Å². The fraction of sp³-hybridized carbons (Fsp3) is 0.429. The van der Waals surface area contributed by atoms with E-state index < -0.39 is 0 Å². The van der Waals surface area contributed by atoms with Gasteiger partial charge in [0, 0.05) is 42.4 Å². The van der Waals surface area contributed by atoms with E-state index in [0.29, 0.717) is 17.5 Å². The number of pyridine rings is 1. The van der Waals surface area contributed by atoms with Crippen molar-refractivity contribution in [2.75, 3.05) is 32.2 Å². The summed E-state index contributed by atoms with van der Waals surface area (Å²) in [5.41, 5.74) is 1.83. The molecule has 1 amide bonds. The van der Waals surface area contributed by atoms with Crippen LogP contribution in [-0.2, 0) is 0 Å². The van der Waals surface area contributed by atoms with Crippen molar-refractivity contribution in [1.82, 2.24) is 10.3 Å². The monoisotopic (exact) mass is 367 g/mol. The Bertz CT molecular complexity index is 835. The van der Waals surface area contributed by atoms with Crippen LogP contribution in [-0.4, -0.2) is 44.2 Å². The summed E-state index contributed by atoms with van der Waals surface area (Å²) >= 11 is 0. The maximum absolute atomic E-state index is 12.3. The van der Waals surface area contributed by atoms with Crippen molar-refractivity contribution in [3.8, 4) is 11.5 Å². The van der Waals surface area contributed by atoms with E-state index >= 15 is 0 Å². The number of aromatic nitrogens is 1. The standard InChI is InChI=1S/C21H25N3O3/c1-26-17-5-6-19(27-2)18(12-17)15-8-10-24(13-15)20-11-14(7-9-22-20)21(25)23-16-3-4-16/h5-7,9,11-12,15-16H,3-4,8,10,13H2,1-2H3,(H,23,25)/t15-/m1/s1. The van der Waals surface area contributed by atoms with E-state index in [2.05, 4.69) is 21.3 Å². The summed E-state index contributed by atoms with van der Waals surface area (Å²) in [6.45, 7) is 1.73. The van der Waals surface area contributed by atoms with Crippen LogP contribution >= 0.6 is 0 Å². The predicted molar refractivity (Wildman–Crippen MR) is 104 cm³/mol. The van der Waals surface area contributed by atoms with E-state index in [1.807, 2.05) is 18.2 Å². The number of amides is 1. The Morgan fingerprint density at radius 2 is 2.00 bits per heavy atom. The second-order valence-corrected chi connectivity index (χ2v) is 7.19. The summed E-state index contributed by atoms with van der Waals surface area (Å²) < 4.78 is 10.9. The molecule has 1 saturated carbocycles. The minimum Gasteiger partial charge on any atom is -0.497 e. The molecule has 0 unspecified atom stereocenters. The predicted octanol–water partition coefficient (Wildman–Crippen LogP) is 2.98. The average Bonchev–Trinajstić information content (AvgIpc) is 3.39. The van der Waals surface area contributed by atoms with Gasteiger partial charge in [0.25, 0.3) is 5.91 Å². The number of anilines is 1. The number of methoxy groups -OCH3 is 2. The minimum absolute atomic E-state index is 0.00800. The Morgan fingerprint density at radius 3 is 2.74 bits per heavy atom. The van der Waals surface area contributed by atoms with Gasteiger partial charge in [-0.15, -0.1) is 0 Å². The number of nitrogens with zero attached hydrogens (tertiary/aromatic N) is 2. The van der Waals surface area contributed by atoms with Gasteiger partial charge in [-0.3, -0.25) is 4.79 Å². The molecule has 1 saturated heterocycles. The van der Waals surface area contributed by atoms with Crippen molar-refractivity contribution in [3.63, 3.8) is 0 Å². The molecule has 1 N–H and O–H groups in total. The van der Waals surface area contributed by atoms with Gasteiger partial charge >= 0.3 is 0 Å². The zero-order valence-electron chi connectivity index (χ0n) is 15.8. The number of nitrogens with one attached hydrogen (secondary N) is 1. The highest BCUT2D eigenvalue weighted by atomic mass is 16.5. The summed E-state index contributed by atoms with van der Waals surface area (Å²) in [6.07, 6.45) is 4.89. The normalized spacial score (nSPS) is 19.0. The lowest BCUT2D eigenvalue weighted by Crippen LogP contribution is -2.26. The maximum Gasteiger partial charge on any atom is 0.251 e. The largest absolute Gasteiger partial charge is 0.497 e. The van der Waals surface area contributed by atoms with Crippen molar-refractivity contribution >= 4 is 11.7 Å². The molecule has 1 aromatic heterocycles. The third kappa shape index (κ3) is 3.84. The molecule has 0 bridgehead atoms. The third-order valence-corrected chi connectivity index (χ3v) is 5.31. The molecular formula is C21H25N3O3. The van der Waals surface area contributed by atoms with E-state index in [0.717, 1.165) is 55.2 Å². The molecule has 6 heteroatoms. The number of rotatable bonds is 6. The Labute approximate surface area is 159 Å². The van der Waals surface area contributed by atoms with Crippen LogP contribution in [0.1, 0.15) is 41.1 Å². The number of benzene rings is 1. The van der Waals surface area contributed by atoms with E-state index in [1.165, 1.54) is 0 Å². The molecule has 2 heterocycles. The summed E-state index contributed by atoms with van der Waals surface area (Å²) in [4.78, 5) is 19.0. The number of carbonyl (C=O) groups is 1. The molecule has 1 aliphatic heterocycles.